The van der Waals surface area contributed by atoms with Gasteiger partial charge in [0.25, 0.3) is 0 Å². The average Bonchev–Trinajstić information content (AvgIpc) is 3.67. The van der Waals surface area contributed by atoms with Crippen molar-refractivity contribution in [1.29, 1.82) is 0 Å². The lowest BCUT2D eigenvalue weighted by atomic mass is 9.80. The molecule has 0 bridgehead atoms. The summed E-state index contributed by atoms with van der Waals surface area (Å²) in [6.45, 7) is 17.6. The largest absolute Gasteiger partial charge is 0.461 e. The topological polar surface area (TPSA) is 27.7 Å². The second-order valence-electron chi connectivity index (χ2n) is 15.3. The highest BCUT2D eigenvalue weighted by molar-refractivity contribution is 5.34. The van der Waals surface area contributed by atoms with E-state index in [-0.39, 0.29) is 47.1 Å². The number of hydrogen-bond donors (Lipinski definition) is 0. The Kier molecular flexibility index (Phi) is 8.11. The molecule has 2 fully saturated rings. The number of halogens is 2. The number of benzene rings is 4. The fraction of sp³-hybridized carbons (Fsp3) is 0.429. The predicted molar refractivity (Wildman–Crippen MR) is 183 cm³/mol. The first kappa shape index (κ1) is 33.2. The molecule has 2 aliphatic carbocycles. The van der Waals surface area contributed by atoms with Gasteiger partial charge >= 0.3 is 0 Å². The van der Waals surface area contributed by atoms with Gasteiger partial charge in [0.15, 0.2) is 0 Å². The third-order valence-corrected chi connectivity index (χ3v) is 13.1. The summed E-state index contributed by atoms with van der Waals surface area (Å²) < 4.78 is 53.8. The molecule has 0 aromatic heterocycles. The van der Waals surface area contributed by atoms with Gasteiger partial charge in [-0.05, 0) is 70.2 Å². The van der Waals surface area contributed by atoms with Crippen LogP contribution < -0.4 is 9.47 Å². The zero-order valence-electron chi connectivity index (χ0n) is 28.9. The highest BCUT2D eigenvalue weighted by atomic mass is 19.1. The van der Waals surface area contributed by atoms with Crippen molar-refractivity contribution < 1.29 is 23.0 Å². The number of hydrogen-bond acceptors (Lipinski definition) is 3. The Morgan fingerprint density at radius 1 is 0.511 bits per heavy atom. The van der Waals surface area contributed by atoms with Crippen LogP contribution in [0.25, 0.3) is 0 Å². The molecule has 4 aromatic rings. The average molecular weight is 639 g/mol. The molecule has 2 saturated carbocycles. The quantitative estimate of drug-likeness (QED) is 0.145. The molecule has 248 valence electrons. The lowest BCUT2D eigenvalue weighted by molar-refractivity contribution is -0.362. The minimum atomic E-state index is -1.44. The third kappa shape index (κ3) is 5.08. The van der Waals surface area contributed by atoms with E-state index in [9.17, 15) is 0 Å². The first-order valence-corrected chi connectivity index (χ1v) is 16.8. The summed E-state index contributed by atoms with van der Waals surface area (Å²) >= 11 is 0. The second-order valence-corrected chi connectivity index (χ2v) is 15.3. The summed E-state index contributed by atoms with van der Waals surface area (Å²) in [6.07, 6.45) is 0.224. The van der Waals surface area contributed by atoms with E-state index in [2.05, 4.69) is 55.4 Å². The van der Waals surface area contributed by atoms with Crippen LogP contribution in [-0.2, 0) is 17.6 Å². The first-order chi connectivity index (χ1) is 22.2. The number of ether oxygens (including phenoxy) is 3. The van der Waals surface area contributed by atoms with Crippen molar-refractivity contribution in [3.63, 3.8) is 0 Å². The molecule has 6 atom stereocenters. The van der Waals surface area contributed by atoms with Crippen LogP contribution >= 0.6 is 0 Å². The molecule has 0 amide bonds. The monoisotopic (exact) mass is 638 g/mol. The van der Waals surface area contributed by atoms with Crippen LogP contribution in [0.5, 0.6) is 11.5 Å². The molecule has 2 aliphatic rings. The smallest absolute Gasteiger partial charge is 0.224 e. The van der Waals surface area contributed by atoms with Gasteiger partial charge in [-0.2, -0.15) is 0 Å². The highest BCUT2D eigenvalue weighted by Gasteiger charge is 2.82. The Labute approximate surface area is 279 Å². The molecule has 0 aliphatic heterocycles. The van der Waals surface area contributed by atoms with E-state index in [1.54, 1.807) is 24.3 Å². The van der Waals surface area contributed by atoms with Crippen LogP contribution in [0.15, 0.2) is 109 Å². The minimum absolute atomic E-state index is 0.112. The molecule has 0 heterocycles. The Morgan fingerprint density at radius 3 is 1.11 bits per heavy atom. The van der Waals surface area contributed by atoms with Crippen molar-refractivity contribution in [1.82, 2.24) is 0 Å². The van der Waals surface area contributed by atoms with Crippen LogP contribution in [0.3, 0.4) is 0 Å². The minimum Gasteiger partial charge on any atom is -0.461 e. The SMILES string of the molecule is CC1C(C)(C)C1(C)C(Cc1ccccc1F)(Oc1ccccc1)OC(Cc1ccccc1F)(Oc1ccccc1)C1(C)C(C)C1(C)C. The van der Waals surface area contributed by atoms with Crippen molar-refractivity contribution in [3.05, 3.63) is 132 Å². The van der Waals surface area contributed by atoms with Crippen molar-refractivity contribution in [3.8, 4) is 11.5 Å². The van der Waals surface area contributed by atoms with Gasteiger partial charge in [0, 0.05) is 23.7 Å². The maximum absolute atomic E-state index is 15.8. The second kappa shape index (κ2) is 11.5. The normalized spacial score (nSPS) is 28.0. The van der Waals surface area contributed by atoms with E-state index in [0.717, 1.165) is 0 Å². The molecule has 6 rings (SSSR count). The number of rotatable bonds is 12. The Morgan fingerprint density at radius 2 is 0.809 bits per heavy atom. The van der Waals surface area contributed by atoms with E-state index in [1.165, 1.54) is 12.1 Å². The van der Waals surface area contributed by atoms with Crippen LogP contribution in [0.2, 0.25) is 0 Å². The van der Waals surface area contributed by atoms with Crippen LogP contribution in [-0.4, -0.2) is 11.6 Å². The molecule has 47 heavy (non-hydrogen) atoms. The maximum Gasteiger partial charge on any atom is 0.224 e. The fourth-order valence-corrected chi connectivity index (χ4v) is 8.58. The van der Waals surface area contributed by atoms with E-state index in [1.807, 2.05) is 72.8 Å². The predicted octanol–water partition coefficient (Wildman–Crippen LogP) is 10.7. The molecular formula is C42H48F2O3. The summed E-state index contributed by atoms with van der Waals surface area (Å²) in [7, 11) is 0. The first-order valence-electron chi connectivity index (χ1n) is 16.8. The van der Waals surface area contributed by atoms with Gasteiger partial charge in [-0.3, -0.25) is 4.74 Å². The third-order valence-electron chi connectivity index (χ3n) is 13.1. The Balaban J connectivity index is 1.65. The van der Waals surface area contributed by atoms with Crippen molar-refractivity contribution in [2.45, 2.75) is 79.8 Å². The summed E-state index contributed by atoms with van der Waals surface area (Å²) in [4.78, 5) is 0. The van der Waals surface area contributed by atoms with Gasteiger partial charge in [-0.25, -0.2) is 8.78 Å². The summed E-state index contributed by atoms with van der Waals surface area (Å²) in [5.41, 5.74) is -0.779. The summed E-state index contributed by atoms with van der Waals surface area (Å²) in [6, 6.07) is 32.8. The maximum atomic E-state index is 15.8. The van der Waals surface area contributed by atoms with Crippen molar-refractivity contribution in [2.75, 3.05) is 0 Å². The van der Waals surface area contributed by atoms with E-state index < -0.39 is 22.4 Å². The van der Waals surface area contributed by atoms with Crippen LogP contribution in [0.1, 0.15) is 66.5 Å². The van der Waals surface area contributed by atoms with Crippen LogP contribution in [0, 0.1) is 45.1 Å². The van der Waals surface area contributed by atoms with Gasteiger partial charge in [0.1, 0.15) is 23.1 Å². The van der Waals surface area contributed by atoms with Crippen molar-refractivity contribution >= 4 is 0 Å². The van der Waals surface area contributed by atoms with Gasteiger partial charge in [0.05, 0.1) is 0 Å². The zero-order chi connectivity index (χ0) is 33.9. The number of para-hydroxylation sites is 2. The highest BCUT2D eigenvalue weighted by Crippen LogP contribution is 2.78. The van der Waals surface area contributed by atoms with E-state index >= 15 is 8.78 Å². The van der Waals surface area contributed by atoms with E-state index in [4.69, 9.17) is 14.2 Å². The lowest BCUT2D eigenvalue weighted by Gasteiger charge is -2.51. The van der Waals surface area contributed by atoms with Gasteiger partial charge in [-0.1, -0.05) is 128 Å². The molecule has 0 spiro atoms. The molecule has 5 heteroatoms. The van der Waals surface area contributed by atoms with E-state index in [0.29, 0.717) is 22.6 Å². The zero-order valence-corrected chi connectivity index (χ0v) is 28.9. The van der Waals surface area contributed by atoms with Crippen molar-refractivity contribution in [2.24, 2.45) is 33.5 Å². The molecule has 3 nitrogen and oxygen atoms in total. The van der Waals surface area contributed by atoms with Gasteiger partial charge < -0.3 is 9.47 Å². The van der Waals surface area contributed by atoms with Gasteiger partial charge in [-0.15, -0.1) is 0 Å². The summed E-state index contributed by atoms with van der Waals surface area (Å²) in [5, 5.41) is 0. The Bertz CT molecular complexity index is 1600. The molecule has 0 radical (unpaired) electrons. The standard InChI is InChI=1S/C42H48F2O3/c1-29-37(3,4)39(29,7)41(45-33-21-11-9-12-22-33,27-31-19-15-17-25-35(31)43)47-42(40(8)30(2)38(40,5)6,46-34-23-13-10-14-24-34)28-32-20-16-18-26-36(32)44/h9-26,29-30H,27-28H2,1-8H3. The molecule has 6 unspecified atom stereocenters. The molecular weight excluding hydrogens is 590 g/mol. The fourth-order valence-electron chi connectivity index (χ4n) is 8.58. The lowest BCUT2D eigenvalue weighted by Crippen LogP contribution is -2.63. The van der Waals surface area contributed by atoms with Gasteiger partial charge in [0.2, 0.25) is 11.6 Å². The molecule has 0 N–H and O–H groups in total. The summed E-state index contributed by atoms with van der Waals surface area (Å²) in [5.74, 6) is -2.08. The Hall–Kier alpha value is -3.70. The van der Waals surface area contributed by atoms with Crippen LogP contribution in [0.4, 0.5) is 8.78 Å². The molecule has 0 saturated heterocycles. The molecule has 4 aromatic carbocycles.